The van der Waals surface area contributed by atoms with Crippen LogP contribution in [0.15, 0.2) is 91.3 Å². The summed E-state index contributed by atoms with van der Waals surface area (Å²) in [6, 6.07) is 25.2. The van der Waals surface area contributed by atoms with Crippen LogP contribution in [0.4, 0.5) is 0 Å². The number of halogens is 5. The smallest absolute Gasteiger partial charge is 0.253 e. The van der Waals surface area contributed by atoms with Crippen LogP contribution in [0.25, 0.3) is 44.1 Å². The Morgan fingerprint density at radius 1 is 0.705 bits per heavy atom. The number of nitrogens with one attached hydrogen (secondary N) is 2. The molecule has 10 heteroatoms. The second-order valence-corrected chi connectivity index (χ2v) is 12.8. The number of Topliss-reactive ketones (excluding diaryl/α,β-unsaturated/α-hetero) is 1. The Kier molecular flexibility index (Phi) is 10.0. The lowest BCUT2D eigenvalue weighted by molar-refractivity contribution is 0.0998. The van der Waals surface area contributed by atoms with Gasteiger partial charge in [-0.15, -0.1) is 0 Å². The van der Waals surface area contributed by atoms with Gasteiger partial charge in [-0.05, 0) is 79.6 Å². The molecule has 6 aromatic rings. The van der Waals surface area contributed by atoms with Crippen LogP contribution in [0, 0.1) is 0 Å². The number of carbonyl (C=O) groups is 1. The first-order valence-corrected chi connectivity index (χ1v) is 15.6. The Hall–Kier alpha value is -3.32. The number of aromatic amines is 2. The summed E-state index contributed by atoms with van der Waals surface area (Å²) < 4.78 is 8.87. The SMILES string of the molecule is CCOc1ccc(-c2cc3c(C(=O)C(Cl)(Cl)Cl)c[nH]c3cc2Cl)cc1.CCOc1ccc(-c2cc3cc[nH]c3cc2Cl)cc1. The lowest BCUT2D eigenvalue weighted by atomic mass is 10.0. The van der Waals surface area contributed by atoms with E-state index < -0.39 is 9.58 Å². The number of hydrogen-bond donors (Lipinski definition) is 2. The maximum absolute atomic E-state index is 12.3. The van der Waals surface area contributed by atoms with E-state index in [0.29, 0.717) is 34.7 Å². The molecule has 0 fully saturated rings. The Morgan fingerprint density at radius 3 is 1.75 bits per heavy atom. The Labute approximate surface area is 279 Å². The number of H-pyrrole nitrogens is 2. The number of fused-ring (bicyclic) bond motifs is 2. The molecule has 0 unspecified atom stereocenters. The van der Waals surface area contributed by atoms with Crippen molar-refractivity contribution in [3.05, 3.63) is 107 Å². The summed E-state index contributed by atoms with van der Waals surface area (Å²) in [6.07, 6.45) is 3.44. The number of ether oxygens (including phenoxy) is 2. The van der Waals surface area contributed by atoms with Gasteiger partial charge in [0.15, 0.2) is 0 Å². The van der Waals surface area contributed by atoms with E-state index in [0.717, 1.165) is 49.7 Å². The summed E-state index contributed by atoms with van der Waals surface area (Å²) in [5.41, 5.74) is 5.85. The average Bonchev–Trinajstić information content (AvgIpc) is 3.63. The second-order valence-electron chi connectivity index (χ2n) is 9.72. The second kappa shape index (κ2) is 13.8. The fourth-order valence-electron chi connectivity index (χ4n) is 4.80. The number of carbonyl (C=O) groups excluding carboxylic acids is 1. The number of benzene rings is 4. The summed E-state index contributed by atoms with van der Waals surface area (Å²) in [7, 11) is 0. The lowest BCUT2D eigenvalue weighted by Crippen LogP contribution is -2.18. The van der Waals surface area contributed by atoms with Crippen LogP contribution >= 0.6 is 58.0 Å². The molecule has 2 heterocycles. The summed E-state index contributed by atoms with van der Waals surface area (Å²) in [4.78, 5) is 18.5. The molecule has 0 bridgehead atoms. The largest absolute Gasteiger partial charge is 0.494 e. The van der Waals surface area contributed by atoms with Crippen molar-refractivity contribution in [1.82, 2.24) is 9.97 Å². The van der Waals surface area contributed by atoms with Gasteiger partial charge in [0.1, 0.15) is 11.5 Å². The monoisotopic (exact) mass is 686 g/mol. The molecule has 0 aliphatic heterocycles. The topological polar surface area (TPSA) is 67.1 Å². The Bertz CT molecular complexity index is 1910. The highest BCUT2D eigenvalue weighted by Crippen LogP contribution is 2.38. The fourth-order valence-corrected chi connectivity index (χ4v) is 5.65. The minimum Gasteiger partial charge on any atom is -0.494 e. The number of rotatable bonds is 7. The average molecular weight is 689 g/mol. The van der Waals surface area contributed by atoms with E-state index in [1.165, 1.54) is 6.20 Å². The zero-order chi connectivity index (χ0) is 31.4. The molecule has 0 aliphatic rings. The van der Waals surface area contributed by atoms with Crippen LogP contribution in [0.1, 0.15) is 24.2 Å². The molecule has 5 nitrogen and oxygen atoms in total. The Morgan fingerprint density at radius 2 is 1.23 bits per heavy atom. The summed E-state index contributed by atoms with van der Waals surface area (Å²) >= 11 is 30.0. The molecule has 0 radical (unpaired) electrons. The quantitative estimate of drug-likeness (QED) is 0.130. The summed E-state index contributed by atoms with van der Waals surface area (Å²) in [6.45, 7) is 5.17. The molecular weight excluding hydrogens is 662 g/mol. The van der Waals surface area contributed by atoms with E-state index in [1.54, 1.807) is 6.07 Å². The molecule has 226 valence electrons. The first-order chi connectivity index (χ1) is 21.1. The van der Waals surface area contributed by atoms with Crippen molar-refractivity contribution in [2.75, 3.05) is 13.2 Å². The van der Waals surface area contributed by atoms with Gasteiger partial charge in [0, 0.05) is 50.9 Å². The minimum absolute atomic E-state index is 0.304. The highest BCUT2D eigenvalue weighted by Gasteiger charge is 2.33. The number of alkyl halides is 3. The predicted molar refractivity (Wildman–Crippen MR) is 184 cm³/mol. The van der Waals surface area contributed by atoms with Gasteiger partial charge in [-0.3, -0.25) is 4.79 Å². The molecule has 0 aliphatic carbocycles. The first-order valence-electron chi connectivity index (χ1n) is 13.7. The van der Waals surface area contributed by atoms with Crippen LogP contribution in [-0.4, -0.2) is 32.8 Å². The number of ketones is 1. The van der Waals surface area contributed by atoms with Gasteiger partial charge in [0.25, 0.3) is 3.79 Å². The molecular formula is C34H27Cl5N2O3. The normalized spacial score (nSPS) is 11.3. The van der Waals surface area contributed by atoms with Crippen LogP contribution in [-0.2, 0) is 0 Å². The summed E-state index contributed by atoms with van der Waals surface area (Å²) in [5.74, 6) is 1.06. The van der Waals surface area contributed by atoms with Crippen molar-refractivity contribution < 1.29 is 14.3 Å². The minimum atomic E-state index is -2.02. The highest BCUT2D eigenvalue weighted by atomic mass is 35.6. The molecule has 0 atom stereocenters. The third kappa shape index (κ3) is 7.14. The molecule has 0 saturated carbocycles. The molecule has 2 aromatic heterocycles. The molecule has 44 heavy (non-hydrogen) atoms. The van der Waals surface area contributed by atoms with E-state index in [4.69, 9.17) is 67.5 Å². The standard InChI is InChI=1S/C18H13Cl4NO2.C16H14ClNO/c1-2-25-11-5-3-10(4-6-11)12-7-13-14(17(24)18(20,21)22)9-23-16(13)8-15(12)19;1-2-19-13-5-3-11(4-6-13)14-9-12-7-8-18-16(12)10-15(14)17/h3-9,23H,2H2,1H3;3-10,18H,2H2,1H3. The van der Waals surface area contributed by atoms with Crippen LogP contribution in [0.2, 0.25) is 10.0 Å². The van der Waals surface area contributed by atoms with Crippen molar-refractivity contribution in [2.45, 2.75) is 17.6 Å². The van der Waals surface area contributed by atoms with Gasteiger partial charge in [-0.2, -0.15) is 0 Å². The van der Waals surface area contributed by atoms with Crippen molar-refractivity contribution in [1.29, 1.82) is 0 Å². The van der Waals surface area contributed by atoms with Crippen molar-refractivity contribution >= 4 is 85.6 Å². The highest BCUT2D eigenvalue weighted by molar-refractivity contribution is 6.77. The summed E-state index contributed by atoms with van der Waals surface area (Å²) in [5, 5.41) is 3.10. The fraction of sp³-hybridized carbons (Fsp3) is 0.147. The van der Waals surface area contributed by atoms with Crippen molar-refractivity contribution in [2.24, 2.45) is 0 Å². The third-order valence-corrected chi connectivity index (χ3v) is 8.01. The predicted octanol–water partition coefficient (Wildman–Crippen LogP) is 11.3. The van der Waals surface area contributed by atoms with E-state index >= 15 is 0 Å². The number of aromatic nitrogens is 2. The number of hydrogen-bond acceptors (Lipinski definition) is 3. The van der Waals surface area contributed by atoms with E-state index in [9.17, 15) is 4.79 Å². The molecule has 2 N–H and O–H groups in total. The van der Waals surface area contributed by atoms with Gasteiger partial charge in [0.05, 0.1) is 23.3 Å². The molecule has 0 amide bonds. The van der Waals surface area contributed by atoms with Gasteiger partial charge in [-0.25, -0.2) is 0 Å². The maximum Gasteiger partial charge on any atom is 0.253 e. The van der Waals surface area contributed by atoms with Gasteiger partial charge >= 0.3 is 0 Å². The molecule has 0 spiro atoms. The Balaban J connectivity index is 0.000000181. The van der Waals surface area contributed by atoms with Gasteiger partial charge in [-0.1, -0.05) is 82.3 Å². The molecule has 4 aromatic carbocycles. The van der Waals surface area contributed by atoms with Gasteiger partial charge < -0.3 is 19.4 Å². The van der Waals surface area contributed by atoms with E-state index in [1.807, 2.05) is 86.8 Å². The third-order valence-electron chi connectivity index (χ3n) is 6.87. The van der Waals surface area contributed by atoms with Crippen molar-refractivity contribution in [3.63, 3.8) is 0 Å². The van der Waals surface area contributed by atoms with Crippen LogP contribution in [0.5, 0.6) is 11.5 Å². The first kappa shape index (κ1) is 32.1. The zero-order valence-electron chi connectivity index (χ0n) is 23.7. The van der Waals surface area contributed by atoms with E-state index in [2.05, 4.69) is 16.0 Å². The molecule has 6 rings (SSSR count). The zero-order valence-corrected chi connectivity index (χ0v) is 27.5. The van der Waals surface area contributed by atoms with Crippen LogP contribution in [0.3, 0.4) is 0 Å². The maximum atomic E-state index is 12.3. The van der Waals surface area contributed by atoms with Crippen molar-refractivity contribution in [3.8, 4) is 33.8 Å². The lowest BCUT2D eigenvalue weighted by Gasteiger charge is -2.10. The van der Waals surface area contributed by atoms with Crippen LogP contribution < -0.4 is 9.47 Å². The van der Waals surface area contributed by atoms with Gasteiger partial charge in [0.2, 0.25) is 5.78 Å². The molecule has 0 saturated heterocycles. The van der Waals surface area contributed by atoms with E-state index in [-0.39, 0.29) is 0 Å².